The van der Waals surface area contributed by atoms with Crippen molar-refractivity contribution in [1.29, 1.82) is 0 Å². The summed E-state index contributed by atoms with van der Waals surface area (Å²) in [5.74, 6) is 0.688. The topological polar surface area (TPSA) is 81.8 Å². The van der Waals surface area contributed by atoms with Crippen LogP contribution in [0.15, 0.2) is 35.1 Å². The summed E-state index contributed by atoms with van der Waals surface area (Å²) in [7, 11) is 0. The third-order valence-electron chi connectivity index (χ3n) is 7.09. The first kappa shape index (κ1) is 21.0. The number of fused-ring (bicyclic) bond motifs is 3. The van der Waals surface area contributed by atoms with E-state index in [9.17, 15) is 9.59 Å². The number of hydrogen-bond donors (Lipinski definition) is 2. The Morgan fingerprint density at radius 2 is 1.94 bits per heavy atom. The second-order valence-electron chi connectivity index (χ2n) is 9.85. The van der Waals surface area contributed by atoms with Crippen molar-refractivity contribution in [3.05, 3.63) is 63.5 Å². The van der Waals surface area contributed by atoms with Gasteiger partial charge in [0.2, 0.25) is 0 Å². The van der Waals surface area contributed by atoms with Crippen molar-refractivity contribution < 1.29 is 4.79 Å². The van der Waals surface area contributed by atoms with Crippen LogP contribution < -0.4 is 5.69 Å². The number of amides is 1. The summed E-state index contributed by atoms with van der Waals surface area (Å²) in [6.07, 6.45) is 7.48. The van der Waals surface area contributed by atoms with Crippen LogP contribution in [0.5, 0.6) is 0 Å². The number of aromatic nitrogens is 3. The first-order valence-corrected chi connectivity index (χ1v) is 12.0. The molecule has 1 saturated carbocycles. The Balaban J connectivity index is 1.56. The second kappa shape index (κ2) is 8.57. The molecule has 32 heavy (non-hydrogen) atoms. The highest BCUT2D eigenvalue weighted by atomic mass is 16.2. The minimum Gasteiger partial charge on any atom is -0.356 e. The quantitative estimate of drug-likeness (QED) is 0.623. The van der Waals surface area contributed by atoms with Gasteiger partial charge in [0.05, 0.1) is 6.04 Å². The summed E-state index contributed by atoms with van der Waals surface area (Å²) in [6.45, 7) is 4.85. The molecule has 2 N–H and O–H groups in total. The highest BCUT2D eigenvalue weighted by molar-refractivity contribution is 5.93. The maximum atomic E-state index is 13.8. The predicted molar refractivity (Wildman–Crippen MR) is 126 cm³/mol. The van der Waals surface area contributed by atoms with Crippen LogP contribution in [0.4, 0.5) is 0 Å². The van der Waals surface area contributed by atoms with Gasteiger partial charge in [-0.15, -0.1) is 0 Å². The van der Waals surface area contributed by atoms with Gasteiger partial charge < -0.3 is 14.9 Å². The van der Waals surface area contributed by atoms with Gasteiger partial charge in [0, 0.05) is 28.8 Å². The number of carbonyl (C=O) groups excluding carboxylic acids is 1. The molecule has 2 aliphatic rings. The van der Waals surface area contributed by atoms with E-state index in [4.69, 9.17) is 0 Å². The van der Waals surface area contributed by atoms with E-state index in [0.717, 1.165) is 36.9 Å². The number of aromatic amines is 2. The number of nitrogens with zero attached hydrogens (tertiary/aromatic N) is 2. The highest BCUT2D eigenvalue weighted by Gasteiger charge is 2.39. The number of benzene rings is 1. The molecule has 0 spiro atoms. The SMILES string of the molecule is CC(C)Cc1cc(C(=O)N2CCc3c([nH]c4ccccc34)[C@H]2C2CCCCC2)nc(=O)[nH]1. The molecule has 0 radical (unpaired) electrons. The van der Waals surface area contributed by atoms with Gasteiger partial charge in [0.25, 0.3) is 5.91 Å². The van der Waals surface area contributed by atoms with Crippen molar-refractivity contribution in [2.75, 3.05) is 6.54 Å². The molecule has 0 bridgehead atoms. The van der Waals surface area contributed by atoms with E-state index < -0.39 is 5.69 Å². The number of rotatable bonds is 4. The van der Waals surface area contributed by atoms with E-state index in [1.807, 2.05) is 4.90 Å². The van der Waals surface area contributed by atoms with Gasteiger partial charge in [0.15, 0.2) is 0 Å². The molecule has 6 nitrogen and oxygen atoms in total. The molecule has 1 aromatic carbocycles. The molecule has 0 saturated heterocycles. The smallest absolute Gasteiger partial charge is 0.345 e. The lowest BCUT2D eigenvalue weighted by Gasteiger charge is -2.41. The molecule has 1 fully saturated rings. The van der Waals surface area contributed by atoms with E-state index in [1.54, 1.807) is 6.07 Å². The number of para-hydroxylation sites is 1. The van der Waals surface area contributed by atoms with Gasteiger partial charge in [-0.3, -0.25) is 4.79 Å². The fourth-order valence-electron chi connectivity index (χ4n) is 5.75. The zero-order chi connectivity index (χ0) is 22.2. The zero-order valence-corrected chi connectivity index (χ0v) is 19.0. The maximum Gasteiger partial charge on any atom is 0.345 e. The number of hydrogen-bond acceptors (Lipinski definition) is 3. The van der Waals surface area contributed by atoms with Crippen LogP contribution in [0.3, 0.4) is 0 Å². The van der Waals surface area contributed by atoms with Crippen LogP contribution in [0.25, 0.3) is 10.9 Å². The Morgan fingerprint density at radius 1 is 1.16 bits per heavy atom. The van der Waals surface area contributed by atoms with Crippen molar-refractivity contribution in [1.82, 2.24) is 19.9 Å². The van der Waals surface area contributed by atoms with E-state index in [-0.39, 0.29) is 17.6 Å². The molecule has 5 rings (SSSR count). The molecular weight excluding hydrogens is 400 g/mol. The fraction of sp³-hybridized carbons (Fsp3) is 0.500. The van der Waals surface area contributed by atoms with Gasteiger partial charge >= 0.3 is 5.69 Å². The normalized spacial score (nSPS) is 19.5. The average Bonchev–Trinajstić information content (AvgIpc) is 3.16. The Kier molecular flexibility index (Phi) is 5.62. The molecule has 3 heterocycles. The first-order valence-electron chi connectivity index (χ1n) is 12.0. The van der Waals surface area contributed by atoms with Crippen molar-refractivity contribution in [2.45, 2.75) is 64.8 Å². The van der Waals surface area contributed by atoms with Crippen molar-refractivity contribution >= 4 is 16.8 Å². The van der Waals surface area contributed by atoms with Crippen LogP contribution in [-0.4, -0.2) is 32.3 Å². The molecule has 168 valence electrons. The predicted octanol–water partition coefficient (Wildman–Crippen LogP) is 4.77. The third kappa shape index (κ3) is 3.87. The van der Waals surface area contributed by atoms with Crippen LogP contribution >= 0.6 is 0 Å². The van der Waals surface area contributed by atoms with Gasteiger partial charge in [0.1, 0.15) is 5.69 Å². The van der Waals surface area contributed by atoms with E-state index in [2.05, 4.69) is 53.1 Å². The van der Waals surface area contributed by atoms with E-state index in [1.165, 1.54) is 35.9 Å². The maximum absolute atomic E-state index is 13.8. The van der Waals surface area contributed by atoms with Crippen LogP contribution in [0, 0.1) is 11.8 Å². The van der Waals surface area contributed by atoms with Crippen molar-refractivity contribution in [3.63, 3.8) is 0 Å². The average molecular weight is 433 g/mol. The van der Waals surface area contributed by atoms with Gasteiger partial charge in [-0.2, -0.15) is 4.98 Å². The molecule has 1 atom stereocenters. The summed E-state index contributed by atoms with van der Waals surface area (Å²) in [4.78, 5) is 38.5. The van der Waals surface area contributed by atoms with Gasteiger partial charge in [-0.1, -0.05) is 51.3 Å². The van der Waals surface area contributed by atoms with Crippen molar-refractivity contribution in [3.8, 4) is 0 Å². The van der Waals surface area contributed by atoms with Crippen molar-refractivity contribution in [2.24, 2.45) is 11.8 Å². The Morgan fingerprint density at radius 3 is 2.72 bits per heavy atom. The first-order chi connectivity index (χ1) is 15.5. The molecule has 2 aromatic heterocycles. The summed E-state index contributed by atoms with van der Waals surface area (Å²) < 4.78 is 0. The lowest BCUT2D eigenvalue weighted by molar-refractivity contribution is 0.0527. The van der Waals surface area contributed by atoms with Gasteiger partial charge in [-0.05, 0) is 55.2 Å². The lowest BCUT2D eigenvalue weighted by atomic mass is 9.79. The number of H-pyrrole nitrogens is 2. The third-order valence-corrected chi connectivity index (χ3v) is 7.09. The Bertz CT molecular complexity index is 1190. The fourth-order valence-corrected chi connectivity index (χ4v) is 5.75. The molecule has 1 aliphatic heterocycles. The summed E-state index contributed by atoms with van der Waals surface area (Å²) in [6, 6.07) is 10.2. The van der Waals surface area contributed by atoms with Crippen LogP contribution in [0.2, 0.25) is 0 Å². The zero-order valence-electron chi connectivity index (χ0n) is 19.0. The van der Waals surface area contributed by atoms with Crippen LogP contribution in [0.1, 0.15) is 79.4 Å². The number of nitrogens with one attached hydrogen (secondary N) is 2. The molecule has 3 aromatic rings. The molecule has 0 unspecified atom stereocenters. The minimum atomic E-state index is -0.441. The molecule has 1 aliphatic carbocycles. The largest absolute Gasteiger partial charge is 0.356 e. The number of carbonyl (C=O) groups is 1. The summed E-state index contributed by atoms with van der Waals surface area (Å²) in [5.41, 5.74) is 4.28. The van der Waals surface area contributed by atoms with Gasteiger partial charge in [-0.25, -0.2) is 4.79 Å². The molecule has 1 amide bonds. The summed E-state index contributed by atoms with van der Waals surface area (Å²) >= 11 is 0. The molecule has 6 heteroatoms. The molecular formula is C26H32N4O2. The van der Waals surface area contributed by atoms with E-state index in [0.29, 0.717) is 18.4 Å². The van der Waals surface area contributed by atoms with Crippen LogP contribution in [-0.2, 0) is 12.8 Å². The lowest BCUT2D eigenvalue weighted by Crippen LogP contribution is -2.44. The standard InChI is InChI=1S/C26H32N4O2/c1-16(2)14-18-15-22(29-26(32)27-18)25(31)30-13-12-20-19-10-6-7-11-21(19)28-23(20)24(30)17-8-4-3-5-9-17/h6-7,10-11,15-17,24,28H,3-5,8-9,12-14H2,1-2H3,(H,27,29,32)/t24-/m1/s1. The highest BCUT2D eigenvalue weighted by Crippen LogP contribution is 2.44. The summed E-state index contributed by atoms with van der Waals surface area (Å²) in [5, 5.41) is 1.27. The Hall–Kier alpha value is -2.89. The second-order valence-corrected chi connectivity index (χ2v) is 9.85. The monoisotopic (exact) mass is 432 g/mol. The Labute approximate surface area is 188 Å². The van der Waals surface area contributed by atoms with E-state index >= 15 is 0 Å². The minimum absolute atomic E-state index is 0.00795.